The second-order valence-electron chi connectivity index (χ2n) is 5.31. The first-order chi connectivity index (χ1) is 10.5. The lowest BCUT2D eigenvalue weighted by Gasteiger charge is -2.29. The molecule has 2 aromatic rings. The Kier molecular flexibility index (Phi) is 4.95. The summed E-state index contributed by atoms with van der Waals surface area (Å²) in [5, 5.41) is 25.9. The highest BCUT2D eigenvalue weighted by atomic mass is 16.3. The highest BCUT2D eigenvalue weighted by Gasteiger charge is 2.30. The minimum Gasteiger partial charge on any atom is -0.394 e. The number of carbonyl (C=O) groups is 1. The molecule has 6 nitrogen and oxygen atoms in total. The molecule has 0 unspecified atom stereocenters. The second kappa shape index (κ2) is 6.72. The van der Waals surface area contributed by atoms with Gasteiger partial charge in [-0.3, -0.25) is 4.79 Å². The number of para-hydroxylation sites is 1. The summed E-state index contributed by atoms with van der Waals surface area (Å²) >= 11 is 0. The van der Waals surface area contributed by atoms with E-state index in [1.165, 1.54) is 0 Å². The van der Waals surface area contributed by atoms with Crippen molar-refractivity contribution in [2.45, 2.75) is 25.8 Å². The molecule has 0 radical (unpaired) electrons. The van der Waals surface area contributed by atoms with Crippen molar-refractivity contribution >= 4 is 5.91 Å². The van der Waals surface area contributed by atoms with Crippen LogP contribution in [0, 0.1) is 6.92 Å². The Morgan fingerprint density at radius 2 is 1.91 bits per heavy atom. The van der Waals surface area contributed by atoms with Crippen molar-refractivity contribution < 1.29 is 15.0 Å². The molecule has 1 heterocycles. The van der Waals surface area contributed by atoms with Crippen LogP contribution in [0.4, 0.5) is 0 Å². The molecule has 118 valence electrons. The lowest BCUT2D eigenvalue weighted by molar-refractivity contribution is 0.0652. The molecule has 1 amide bonds. The number of hydrogen-bond donors (Lipinski definition) is 3. The Morgan fingerprint density at radius 1 is 1.27 bits per heavy atom. The van der Waals surface area contributed by atoms with E-state index in [0.717, 1.165) is 5.69 Å². The van der Waals surface area contributed by atoms with Crippen LogP contribution < -0.4 is 5.32 Å². The summed E-state index contributed by atoms with van der Waals surface area (Å²) in [6.45, 7) is 2.90. The molecule has 0 saturated heterocycles. The van der Waals surface area contributed by atoms with Crippen molar-refractivity contribution in [2.24, 2.45) is 0 Å². The van der Waals surface area contributed by atoms with Crippen molar-refractivity contribution in [1.82, 2.24) is 15.1 Å². The van der Waals surface area contributed by atoms with Crippen LogP contribution >= 0.6 is 0 Å². The van der Waals surface area contributed by atoms with Crippen molar-refractivity contribution in [1.29, 1.82) is 0 Å². The largest absolute Gasteiger partial charge is 0.394 e. The maximum atomic E-state index is 12.4. The number of aryl methyl sites for hydroxylation is 1. The van der Waals surface area contributed by atoms with Crippen LogP contribution in [0.25, 0.3) is 5.69 Å². The van der Waals surface area contributed by atoms with E-state index in [9.17, 15) is 15.0 Å². The van der Waals surface area contributed by atoms with Crippen LogP contribution in [0.5, 0.6) is 0 Å². The Labute approximate surface area is 129 Å². The molecule has 22 heavy (non-hydrogen) atoms. The molecule has 0 spiro atoms. The monoisotopic (exact) mass is 303 g/mol. The third kappa shape index (κ3) is 3.18. The lowest BCUT2D eigenvalue weighted by atomic mass is 9.98. The summed E-state index contributed by atoms with van der Waals surface area (Å²) < 4.78 is 1.63. The fraction of sp³-hybridized carbons (Fsp3) is 0.375. The highest BCUT2D eigenvalue weighted by Crippen LogP contribution is 2.14. The van der Waals surface area contributed by atoms with Crippen molar-refractivity contribution in [3.05, 3.63) is 47.8 Å². The fourth-order valence-corrected chi connectivity index (χ4v) is 2.15. The van der Waals surface area contributed by atoms with E-state index in [1.807, 2.05) is 30.3 Å². The molecular formula is C16H21N3O3. The van der Waals surface area contributed by atoms with E-state index in [2.05, 4.69) is 10.4 Å². The van der Waals surface area contributed by atoms with E-state index >= 15 is 0 Å². The van der Waals surface area contributed by atoms with Gasteiger partial charge in [0.2, 0.25) is 0 Å². The molecule has 0 atom stereocenters. The third-order valence-electron chi connectivity index (χ3n) is 3.83. The average molecular weight is 303 g/mol. The number of aliphatic hydroxyl groups excluding tert-OH is 2. The van der Waals surface area contributed by atoms with Crippen LogP contribution in [-0.2, 0) is 0 Å². The average Bonchev–Trinajstić information content (AvgIpc) is 2.95. The standard InChI is InChI=1S/C16H21N3O3/c1-3-16(10-20,11-21)17-15(22)14-9-19(18-12(14)2)13-7-5-4-6-8-13/h4-9,20-21H,3,10-11H2,1-2H3,(H,17,22). The minimum atomic E-state index is -1.02. The molecule has 1 aromatic heterocycles. The Hall–Kier alpha value is -2.18. The maximum Gasteiger partial charge on any atom is 0.255 e. The number of nitrogens with one attached hydrogen (secondary N) is 1. The molecule has 6 heteroatoms. The van der Waals surface area contributed by atoms with Gasteiger partial charge >= 0.3 is 0 Å². The van der Waals surface area contributed by atoms with E-state index in [1.54, 1.807) is 24.7 Å². The number of amides is 1. The summed E-state index contributed by atoms with van der Waals surface area (Å²) in [6, 6.07) is 9.49. The predicted molar refractivity (Wildman–Crippen MR) is 83.0 cm³/mol. The number of aliphatic hydroxyl groups is 2. The van der Waals surface area contributed by atoms with Gasteiger partial charge in [0, 0.05) is 6.20 Å². The Morgan fingerprint density at radius 3 is 2.45 bits per heavy atom. The van der Waals surface area contributed by atoms with E-state index in [-0.39, 0.29) is 19.1 Å². The van der Waals surface area contributed by atoms with E-state index in [0.29, 0.717) is 17.7 Å². The van der Waals surface area contributed by atoms with Gasteiger partial charge in [0.1, 0.15) is 0 Å². The first kappa shape index (κ1) is 16.2. The summed E-state index contributed by atoms with van der Waals surface area (Å²) in [6.07, 6.45) is 2.08. The van der Waals surface area contributed by atoms with Crippen molar-refractivity contribution in [2.75, 3.05) is 13.2 Å². The molecular weight excluding hydrogens is 282 g/mol. The molecule has 0 aliphatic heterocycles. The molecule has 2 rings (SSSR count). The molecule has 0 saturated carbocycles. The first-order valence-electron chi connectivity index (χ1n) is 7.21. The van der Waals surface area contributed by atoms with E-state index in [4.69, 9.17) is 0 Å². The SMILES string of the molecule is CCC(CO)(CO)NC(=O)c1cn(-c2ccccc2)nc1C. The predicted octanol–water partition coefficient (Wildman–Crippen LogP) is 1.04. The lowest BCUT2D eigenvalue weighted by Crippen LogP contribution is -2.53. The topological polar surface area (TPSA) is 87.4 Å². The number of nitrogens with zero attached hydrogens (tertiary/aromatic N) is 2. The number of benzene rings is 1. The smallest absolute Gasteiger partial charge is 0.255 e. The minimum absolute atomic E-state index is 0.322. The number of carbonyl (C=O) groups excluding carboxylic acids is 1. The van der Waals surface area contributed by atoms with Gasteiger partial charge in [-0.1, -0.05) is 25.1 Å². The number of hydrogen-bond acceptors (Lipinski definition) is 4. The summed E-state index contributed by atoms with van der Waals surface area (Å²) in [5.74, 6) is -0.357. The summed E-state index contributed by atoms with van der Waals surface area (Å²) in [5.41, 5.74) is 0.847. The van der Waals surface area contributed by atoms with Gasteiger partial charge in [-0.15, -0.1) is 0 Å². The zero-order chi connectivity index (χ0) is 16.2. The quantitative estimate of drug-likeness (QED) is 0.744. The third-order valence-corrected chi connectivity index (χ3v) is 3.83. The molecule has 0 fully saturated rings. The van der Waals surface area contributed by atoms with Crippen LogP contribution in [0.15, 0.2) is 36.5 Å². The number of rotatable bonds is 6. The molecule has 0 aliphatic rings. The summed E-state index contributed by atoms with van der Waals surface area (Å²) in [7, 11) is 0. The Bertz CT molecular complexity index is 625. The Balaban J connectivity index is 2.26. The second-order valence-corrected chi connectivity index (χ2v) is 5.31. The van der Waals surface area contributed by atoms with Gasteiger partial charge < -0.3 is 15.5 Å². The fourth-order valence-electron chi connectivity index (χ4n) is 2.15. The van der Waals surface area contributed by atoms with E-state index < -0.39 is 5.54 Å². The molecule has 3 N–H and O–H groups in total. The van der Waals surface area contributed by atoms with Crippen molar-refractivity contribution in [3.63, 3.8) is 0 Å². The zero-order valence-electron chi connectivity index (χ0n) is 12.8. The van der Waals surface area contributed by atoms with Crippen LogP contribution in [0.3, 0.4) is 0 Å². The van der Waals surface area contributed by atoms with Gasteiger partial charge in [-0.05, 0) is 25.5 Å². The number of aromatic nitrogens is 2. The van der Waals surface area contributed by atoms with Gasteiger partial charge in [0.15, 0.2) is 0 Å². The normalized spacial score (nSPS) is 11.5. The van der Waals surface area contributed by atoms with Gasteiger partial charge in [-0.25, -0.2) is 4.68 Å². The van der Waals surface area contributed by atoms with Gasteiger partial charge in [0.05, 0.1) is 35.7 Å². The van der Waals surface area contributed by atoms with Crippen LogP contribution in [0.2, 0.25) is 0 Å². The zero-order valence-corrected chi connectivity index (χ0v) is 12.8. The first-order valence-corrected chi connectivity index (χ1v) is 7.21. The van der Waals surface area contributed by atoms with Crippen LogP contribution in [-0.4, -0.2) is 44.7 Å². The molecule has 0 aliphatic carbocycles. The molecule has 1 aromatic carbocycles. The van der Waals surface area contributed by atoms with Gasteiger partial charge in [-0.2, -0.15) is 5.10 Å². The van der Waals surface area contributed by atoms with Crippen molar-refractivity contribution in [3.8, 4) is 5.69 Å². The van der Waals surface area contributed by atoms with Gasteiger partial charge in [0.25, 0.3) is 5.91 Å². The highest BCUT2D eigenvalue weighted by molar-refractivity contribution is 5.95. The maximum absolute atomic E-state index is 12.4. The van der Waals surface area contributed by atoms with Crippen LogP contribution in [0.1, 0.15) is 29.4 Å². The summed E-state index contributed by atoms with van der Waals surface area (Å²) in [4.78, 5) is 12.4. The molecule has 0 bridgehead atoms.